The average Bonchev–Trinajstić information content (AvgIpc) is 2.31. The van der Waals surface area contributed by atoms with Gasteiger partial charge in [0.2, 0.25) is 8.32 Å². The molecule has 0 fully saturated rings. The Balaban J connectivity index is 3.70. The zero-order valence-electron chi connectivity index (χ0n) is 20.7. The van der Waals surface area contributed by atoms with Crippen molar-refractivity contribution in [1.29, 1.82) is 0 Å². The molecule has 0 saturated heterocycles. The minimum atomic E-state index is -3.34. The summed E-state index contributed by atoms with van der Waals surface area (Å²) in [5, 5.41) is -0.146. The minimum Gasteiger partial charge on any atom is -0.543 e. The molecule has 1 rings (SSSR count). The Morgan fingerprint density at radius 2 is 1.78 bits per heavy atom. The van der Waals surface area contributed by atoms with Gasteiger partial charge in [0.05, 0.1) is 33.3 Å². The predicted molar refractivity (Wildman–Crippen MR) is 83.8 cm³/mol. The highest BCUT2D eigenvalue weighted by molar-refractivity contribution is 6.74. The molecule has 0 unspecified atom stereocenters. The second-order valence-corrected chi connectivity index (χ2v) is 10.8. The summed E-state index contributed by atoms with van der Waals surface area (Å²) in [6.45, 7) is 0.0204. The fraction of sp³-hybridized carbons (Fsp3) is 0.600. The monoisotopic (exact) mass is 275 g/mol. The van der Waals surface area contributed by atoms with Crippen LogP contribution in [0.1, 0.15) is 33.1 Å². The summed E-state index contributed by atoms with van der Waals surface area (Å²) >= 11 is 0. The molecule has 0 atom stereocenters. The Bertz CT molecular complexity index is 636. The van der Waals surface area contributed by atoms with Crippen molar-refractivity contribution in [1.82, 2.24) is 4.48 Å². The summed E-state index contributed by atoms with van der Waals surface area (Å²) in [6, 6.07) is 5.44. The number of hydrogen-bond acceptors (Lipinski definition) is 1. The zero-order chi connectivity index (χ0) is 21.7. The molecule has 0 amide bonds. The molecule has 0 aliphatic heterocycles. The molecule has 1 aromatic rings. The molecule has 0 radical (unpaired) electrons. The molecule has 0 aliphatic carbocycles. The molecule has 0 heterocycles. The smallest absolute Gasteiger partial charge is 0.250 e. The van der Waals surface area contributed by atoms with Crippen LogP contribution in [-0.4, -0.2) is 29.2 Å². The van der Waals surface area contributed by atoms with Gasteiger partial charge in [-0.3, -0.25) is 4.48 Å². The topological polar surface area (TPSA) is 9.23 Å². The lowest BCUT2D eigenvalue weighted by molar-refractivity contribution is 0.472. The SMILES string of the molecule is [2H]C([2H])([2H])[N+](c1cccc(O[Si](C)(C)C(C)(C)C)c1)(C([2H])([2H])[2H])C([2H])([2H])[2H]. The van der Waals surface area contributed by atoms with E-state index in [0.29, 0.717) is 0 Å². The lowest BCUT2D eigenvalue weighted by atomic mass is 10.2. The van der Waals surface area contributed by atoms with Crippen molar-refractivity contribution in [3.05, 3.63) is 24.3 Å². The van der Waals surface area contributed by atoms with Crippen molar-refractivity contribution in [2.75, 3.05) is 20.9 Å². The van der Waals surface area contributed by atoms with Crippen LogP contribution in [0.15, 0.2) is 24.3 Å². The van der Waals surface area contributed by atoms with Crippen LogP contribution in [0.4, 0.5) is 5.69 Å². The highest BCUT2D eigenvalue weighted by Gasteiger charge is 2.39. The minimum absolute atomic E-state index is 0.146. The summed E-state index contributed by atoms with van der Waals surface area (Å²) < 4.78 is 74.1. The van der Waals surface area contributed by atoms with Gasteiger partial charge in [-0.2, -0.15) is 0 Å². The molecule has 0 aliphatic rings. The molecule has 18 heavy (non-hydrogen) atoms. The molecule has 102 valence electrons. The van der Waals surface area contributed by atoms with Gasteiger partial charge in [-0.1, -0.05) is 26.8 Å². The standard InChI is InChI=1S/C15H28NOSi/c1-15(2,3)18(7,8)17-14-11-9-10-13(12-14)16(4,5)6/h9-12H,1-8H3/q+1/i4D3,5D3,6D3. The Labute approximate surface area is 126 Å². The molecule has 1 aromatic carbocycles. The van der Waals surface area contributed by atoms with Gasteiger partial charge in [-0.15, -0.1) is 0 Å². The lowest BCUT2D eigenvalue weighted by Crippen LogP contribution is -2.44. The van der Waals surface area contributed by atoms with Crippen molar-refractivity contribution in [3.63, 3.8) is 0 Å². The first-order chi connectivity index (χ1) is 11.7. The summed E-state index contributed by atoms with van der Waals surface area (Å²) in [6.07, 6.45) is 0. The maximum absolute atomic E-state index is 7.79. The third-order valence-corrected chi connectivity index (χ3v) is 7.74. The van der Waals surface area contributed by atoms with Gasteiger partial charge in [0, 0.05) is 6.07 Å². The van der Waals surface area contributed by atoms with Crippen LogP contribution in [-0.2, 0) is 0 Å². The van der Waals surface area contributed by atoms with Crippen LogP contribution in [0.3, 0.4) is 0 Å². The third-order valence-electron chi connectivity index (χ3n) is 3.38. The fourth-order valence-corrected chi connectivity index (χ4v) is 2.23. The van der Waals surface area contributed by atoms with Gasteiger partial charge < -0.3 is 4.43 Å². The molecule has 0 N–H and O–H groups in total. The molecule has 0 saturated carbocycles. The van der Waals surface area contributed by atoms with Crippen molar-refractivity contribution in [3.8, 4) is 5.75 Å². The molecular weight excluding hydrogens is 238 g/mol. The Morgan fingerprint density at radius 3 is 2.28 bits per heavy atom. The molecule has 0 aromatic heterocycles. The van der Waals surface area contributed by atoms with E-state index in [1.165, 1.54) is 18.2 Å². The normalized spacial score (nSPS) is 23.1. The van der Waals surface area contributed by atoms with Crippen molar-refractivity contribution in [2.24, 2.45) is 0 Å². The Kier molecular flexibility index (Phi) is 1.72. The third kappa shape index (κ3) is 3.59. The number of nitrogens with zero attached hydrogens (tertiary/aromatic N) is 1. The molecule has 0 bridgehead atoms. The van der Waals surface area contributed by atoms with Gasteiger partial charge in [-0.25, -0.2) is 0 Å². The molecule has 3 heteroatoms. The summed E-state index contributed by atoms with van der Waals surface area (Å²) in [7, 11) is -2.29. The first-order valence-electron chi connectivity index (χ1n) is 10.4. The van der Waals surface area contributed by atoms with E-state index in [4.69, 9.17) is 16.8 Å². The van der Waals surface area contributed by atoms with Crippen molar-refractivity contribution >= 4 is 14.0 Å². The van der Waals surface area contributed by atoms with Gasteiger partial charge in [-0.05, 0) is 30.3 Å². The zero-order valence-corrected chi connectivity index (χ0v) is 12.7. The van der Waals surface area contributed by atoms with E-state index in [1.54, 1.807) is 6.07 Å². The first-order valence-corrected chi connectivity index (χ1v) is 8.78. The Morgan fingerprint density at radius 1 is 1.17 bits per heavy atom. The second-order valence-electron chi connectivity index (χ2n) is 6.03. The van der Waals surface area contributed by atoms with E-state index in [9.17, 15) is 0 Å². The van der Waals surface area contributed by atoms with Crippen LogP contribution in [0.2, 0.25) is 18.1 Å². The van der Waals surface area contributed by atoms with Gasteiger partial charge in [0.1, 0.15) is 11.4 Å². The van der Waals surface area contributed by atoms with E-state index < -0.39 is 33.7 Å². The van der Waals surface area contributed by atoms with Crippen LogP contribution in [0.25, 0.3) is 0 Å². The maximum Gasteiger partial charge on any atom is 0.250 e. The van der Waals surface area contributed by atoms with Gasteiger partial charge in [0.25, 0.3) is 0 Å². The number of rotatable bonds is 3. The maximum atomic E-state index is 7.79. The molecule has 2 nitrogen and oxygen atoms in total. The molecular formula is C15H28NOSi+. The highest BCUT2D eigenvalue weighted by Crippen LogP contribution is 2.38. The van der Waals surface area contributed by atoms with Crippen LogP contribution >= 0.6 is 0 Å². The van der Waals surface area contributed by atoms with E-state index in [-0.39, 0.29) is 16.5 Å². The van der Waals surface area contributed by atoms with Gasteiger partial charge >= 0.3 is 0 Å². The number of quaternary nitrogens is 1. The van der Waals surface area contributed by atoms with E-state index in [2.05, 4.69) is 0 Å². The van der Waals surface area contributed by atoms with E-state index in [0.717, 1.165) is 0 Å². The highest BCUT2D eigenvalue weighted by atomic mass is 28.4. The molecule has 0 spiro atoms. The fourth-order valence-electron chi connectivity index (χ4n) is 1.20. The first kappa shape index (κ1) is 6.57. The van der Waals surface area contributed by atoms with Crippen LogP contribution in [0, 0.1) is 0 Å². The van der Waals surface area contributed by atoms with Crippen molar-refractivity contribution in [2.45, 2.75) is 38.9 Å². The predicted octanol–water partition coefficient (Wildman–Crippen LogP) is 4.27. The van der Waals surface area contributed by atoms with E-state index >= 15 is 0 Å². The second kappa shape index (κ2) is 4.70. The lowest BCUT2D eigenvalue weighted by Gasteiger charge is -2.36. The summed E-state index contributed by atoms with van der Waals surface area (Å²) in [5.41, 5.74) is -0.355. The Hall–Kier alpha value is -0.803. The van der Waals surface area contributed by atoms with Crippen molar-refractivity contribution < 1.29 is 16.8 Å². The summed E-state index contributed by atoms with van der Waals surface area (Å²) in [5.74, 6) is 0.263. The quantitative estimate of drug-likeness (QED) is 0.591. The summed E-state index contributed by atoms with van der Waals surface area (Å²) in [4.78, 5) is 0. The van der Waals surface area contributed by atoms with Gasteiger partial charge in [0.15, 0.2) is 0 Å². The van der Waals surface area contributed by atoms with Crippen LogP contribution in [0.5, 0.6) is 5.75 Å². The number of hydrogen-bond donors (Lipinski definition) is 0. The van der Waals surface area contributed by atoms with E-state index in [1.807, 2.05) is 33.9 Å². The van der Waals surface area contributed by atoms with Crippen LogP contribution < -0.4 is 8.91 Å². The average molecular weight is 276 g/mol. The number of benzene rings is 1. The largest absolute Gasteiger partial charge is 0.543 e.